The molecule has 1 heterocycles. The number of hydrogen-bond acceptors (Lipinski definition) is 3. The molecular formula is C7H11NO4. The average Bonchev–Trinajstić information content (AvgIpc) is 2.04. The Balaban J connectivity index is 2.51. The fourth-order valence-corrected chi connectivity index (χ4v) is 1.33. The van der Waals surface area contributed by atoms with E-state index >= 15 is 0 Å². The van der Waals surface area contributed by atoms with Crippen molar-refractivity contribution in [2.45, 2.75) is 31.3 Å². The van der Waals surface area contributed by atoms with Crippen LogP contribution in [0.4, 0.5) is 0 Å². The lowest BCUT2D eigenvalue weighted by Gasteiger charge is -2.25. The molecule has 5 nitrogen and oxygen atoms in total. The van der Waals surface area contributed by atoms with E-state index < -0.39 is 24.0 Å². The molecular weight excluding hydrogens is 162 g/mol. The maximum Gasteiger partial charge on any atom is 0.320 e. The van der Waals surface area contributed by atoms with E-state index in [0.29, 0.717) is 19.3 Å². The normalized spacial score (nSPS) is 29.7. The monoisotopic (exact) mass is 173 g/mol. The lowest BCUT2D eigenvalue weighted by Crippen LogP contribution is -2.50. The molecule has 1 fully saturated rings. The molecule has 0 spiro atoms. The first kappa shape index (κ1) is 8.99. The van der Waals surface area contributed by atoms with E-state index in [0.717, 1.165) is 0 Å². The fraction of sp³-hybridized carbons (Fsp3) is 0.714. The van der Waals surface area contributed by atoms with Gasteiger partial charge in [0.1, 0.15) is 12.1 Å². The molecule has 1 aliphatic heterocycles. The minimum Gasteiger partial charge on any atom is -0.480 e. The molecule has 0 aromatic rings. The maximum absolute atomic E-state index is 10.5. The van der Waals surface area contributed by atoms with Crippen LogP contribution in [0.1, 0.15) is 19.3 Å². The zero-order valence-electron chi connectivity index (χ0n) is 6.49. The lowest BCUT2D eigenvalue weighted by molar-refractivity contribution is -0.144. The summed E-state index contributed by atoms with van der Waals surface area (Å²) in [4.78, 5) is 20.9. The first-order valence-electron chi connectivity index (χ1n) is 3.83. The molecule has 0 unspecified atom stereocenters. The van der Waals surface area contributed by atoms with Crippen LogP contribution in [0.2, 0.25) is 0 Å². The SMILES string of the molecule is O=C(O)[C@H]1CCC[C@H](C(=O)O)N1. The number of hydrogen-bond donors (Lipinski definition) is 3. The first-order chi connectivity index (χ1) is 5.61. The second kappa shape index (κ2) is 3.53. The Hall–Kier alpha value is -1.10. The Morgan fingerprint density at radius 3 is 1.83 bits per heavy atom. The molecule has 0 radical (unpaired) electrons. The third kappa shape index (κ3) is 1.94. The zero-order chi connectivity index (χ0) is 9.14. The summed E-state index contributed by atoms with van der Waals surface area (Å²) in [6.07, 6.45) is 1.68. The van der Waals surface area contributed by atoms with Gasteiger partial charge in [-0.25, -0.2) is 0 Å². The van der Waals surface area contributed by atoms with Gasteiger partial charge in [-0.2, -0.15) is 0 Å². The van der Waals surface area contributed by atoms with E-state index in [9.17, 15) is 9.59 Å². The van der Waals surface area contributed by atoms with Crippen molar-refractivity contribution in [1.29, 1.82) is 0 Å². The van der Waals surface area contributed by atoms with Crippen molar-refractivity contribution in [3.05, 3.63) is 0 Å². The van der Waals surface area contributed by atoms with Crippen LogP contribution in [0.3, 0.4) is 0 Å². The third-order valence-corrected chi connectivity index (χ3v) is 1.98. The van der Waals surface area contributed by atoms with Crippen molar-refractivity contribution >= 4 is 11.9 Å². The van der Waals surface area contributed by atoms with Crippen LogP contribution in [-0.2, 0) is 9.59 Å². The van der Waals surface area contributed by atoms with Crippen molar-refractivity contribution in [3.63, 3.8) is 0 Å². The number of nitrogens with one attached hydrogen (secondary N) is 1. The summed E-state index contributed by atoms with van der Waals surface area (Å²) in [5, 5.41) is 19.7. The summed E-state index contributed by atoms with van der Waals surface area (Å²) in [5.74, 6) is -1.94. The number of carboxylic acids is 2. The maximum atomic E-state index is 10.5. The van der Waals surface area contributed by atoms with E-state index in [4.69, 9.17) is 10.2 Å². The summed E-state index contributed by atoms with van der Waals surface area (Å²) >= 11 is 0. The van der Waals surface area contributed by atoms with Crippen molar-refractivity contribution < 1.29 is 19.8 Å². The molecule has 1 rings (SSSR count). The number of piperidine rings is 1. The van der Waals surface area contributed by atoms with Crippen LogP contribution in [0.5, 0.6) is 0 Å². The number of carbonyl (C=O) groups is 2. The quantitative estimate of drug-likeness (QED) is 0.532. The van der Waals surface area contributed by atoms with Crippen molar-refractivity contribution in [1.82, 2.24) is 5.32 Å². The average molecular weight is 173 g/mol. The highest BCUT2D eigenvalue weighted by Gasteiger charge is 2.29. The molecule has 2 atom stereocenters. The molecule has 0 aromatic heterocycles. The van der Waals surface area contributed by atoms with Gasteiger partial charge in [0.2, 0.25) is 0 Å². The summed E-state index contributed by atoms with van der Waals surface area (Å²) in [6.45, 7) is 0. The van der Waals surface area contributed by atoms with Crippen LogP contribution in [0.25, 0.3) is 0 Å². The number of rotatable bonds is 2. The predicted octanol–water partition coefficient (Wildman–Crippen LogP) is -0.334. The van der Waals surface area contributed by atoms with E-state index in [1.165, 1.54) is 0 Å². The van der Waals surface area contributed by atoms with Gasteiger partial charge in [0.05, 0.1) is 0 Å². The Kier molecular flexibility index (Phi) is 2.65. The van der Waals surface area contributed by atoms with Crippen molar-refractivity contribution in [3.8, 4) is 0 Å². The van der Waals surface area contributed by atoms with Gasteiger partial charge in [-0.05, 0) is 19.3 Å². The van der Waals surface area contributed by atoms with Crippen LogP contribution in [0.15, 0.2) is 0 Å². The van der Waals surface area contributed by atoms with Gasteiger partial charge in [-0.15, -0.1) is 0 Å². The lowest BCUT2D eigenvalue weighted by atomic mass is 9.99. The second-order valence-corrected chi connectivity index (χ2v) is 2.88. The second-order valence-electron chi connectivity index (χ2n) is 2.88. The van der Waals surface area contributed by atoms with E-state index in [-0.39, 0.29) is 0 Å². The summed E-state index contributed by atoms with van der Waals surface area (Å²) < 4.78 is 0. The molecule has 0 bridgehead atoms. The van der Waals surface area contributed by atoms with Gasteiger partial charge in [-0.1, -0.05) is 0 Å². The Bertz CT molecular complexity index is 184. The topological polar surface area (TPSA) is 86.6 Å². The summed E-state index contributed by atoms with van der Waals surface area (Å²) in [5.41, 5.74) is 0. The van der Waals surface area contributed by atoms with Gasteiger partial charge >= 0.3 is 11.9 Å². The van der Waals surface area contributed by atoms with Crippen molar-refractivity contribution in [2.24, 2.45) is 0 Å². The van der Waals surface area contributed by atoms with Gasteiger partial charge in [0.15, 0.2) is 0 Å². The number of aliphatic carboxylic acids is 2. The molecule has 0 aliphatic carbocycles. The largest absolute Gasteiger partial charge is 0.480 e. The fourth-order valence-electron chi connectivity index (χ4n) is 1.33. The van der Waals surface area contributed by atoms with Crippen LogP contribution in [-0.4, -0.2) is 34.2 Å². The van der Waals surface area contributed by atoms with Crippen LogP contribution >= 0.6 is 0 Å². The molecule has 1 saturated heterocycles. The first-order valence-corrected chi connectivity index (χ1v) is 3.83. The molecule has 0 saturated carbocycles. The Labute approximate surface area is 69.4 Å². The highest BCUT2D eigenvalue weighted by Crippen LogP contribution is 2.12. The summed E-state index contributed by atoms with van der Waals surface area (Å²) in [6, 6.07) is -1.39. The van der Waals surface area contributed by atoms with E-state index in [1.54, 1.807) is 0 Å². The standard InChI is InChI=1S/C7H11NO4/c9-6(10)4-2-1-3-5(8-4)7(11)12/h4-5,8H,1-3H2,(H,9,10)(H,11,12)/t4-,5-/m1/s1. The van der Waals surface area contributed by atoms with Crippen LogP contribution in [0, 0.1) is 0 Å². The molecule has 68 valence electrons. The predicted molar refractivity (Wildman–Crippen MR) is 39.8 cm³/mol. The molecule has 0 aromatic carbocycles. The van der Waals surface area contributed by atoms with Crippen molar-refractivity contribution in [2.75, 3.05) is 0 Å². The minimum atomic E-state index is -0.971. The van der Waals surface area contributed by atoms with Gasteiger partial charge in [0, 0.05) is 0 Å². The third-order valence-electron chi connectivity index (χ3n) is 1.98. The van der Waals surface area contributed by atoms with Gasteiger partial charge in [0.25, 0.3) is 0 Å². The minimum absolute atomic E-state index is 0.513. The van der Waals surface area contributed by atoms with Crippen LogP contribution < -0.4 is 5.32 Å². The molecule has 0 amide bonds. The Morgan fingerprint density at radius 1 is 1.08 bits per heavy atom. The molecule has 12 heavy (non-hydrogen) atoms. The van der Waals surface area contributed by atoms with E-state index in [2.05, 4.69) is 5.32 Å². The molecule has 1 aliphatic rings. The highest BCUT2D eigenvalue weighted by atomic mass is 16.4. The number of carboxylic acid groups (broad SMARTS) is 2. The zero-order valence-corrected chi connectivity index (χ0v) is 6.49. The Morgan fingerprint density at radius 2 is 1.50 bits per heavy atom. The van der Waals surface area contributed by atoms with E-state index in [1.807, 2.05) is 0 Å². The summed E-state index contributed by atoms with van der Waals surface area (Å²) in [7, 11) is 0. The molecule has 5 heteroatoms. The smallest absolute Gasteiger partial charge is 0.320 e. The molecule has 3 N–H and O–H groups in total. The van der Waals surface area contributed by atoms with Gasteiger partial charge < -0.3 is 10.2 Å². The van der Waals surface area contributed by atoms with Gasteiger partial charge in [-0.3, -0.25) is 14.9 Å². The highest BCUT2D eigenvalue weighted by molar-refractivity contribution is 5.77.